The number of amidine groups is 1. The zero-order valence-electron chi connectivity index (χ0n) is 15.1. The van der Waals surface area contributed by atoms with Crippen LogP contribution < -0.4 is 21.1 Å². The summed E-state index contributed by atoms with van der Waals surface area (Å²) in [5.41, 5.74) is 13.4. The summed E-state index contributed by atoms with van der Waals surface area (Å²) in [4.78, 5) is 18.5. The molecule has 0 aliphatic carbocycles. The number of rotatable bonds is 4. The molecule has 1 heterocycles. The number of ether oxygens (including phenoxy) is 1. The molecule has 3 aromatic carbocycles. The van der Waals surface area contributed by atoms with E-state index in [0.29, 0.717) is 29.4 Å². The quantitative estimate of drug-likeness (QED) is 0.281. The molecule has 1 aliphatic rings. The number of nitrogens with one attached hydrogen (secondary N) is 1. The minimum Gasteiger partial charge on any atom is -0.423 e. The van der Waals surface area contributed by atoms with Crippen molar-refractivity contribution in [3.63, 3.8) is 0 Å². The summed E-state index contributed by atoms with van der Waals surface area (Å²) in [6, 6.07) is 17.9. The molecule has 0 unspecified atom stereocenters. The van der Waals surface area contributed by atoms with Gasteiger partial charge in [-0.25, -0.2) is 4.79 Å². The van der Waals surface area contributed by atoms with E-state index in [2.05, 4.69) is 4.99 Å². The Morgan fingerprint density at radius 2 is 1.68 bits per heavy atom. The molecule has 0 saturated carbocycles. The van der Waals surface area contributed by atoms with Gasteiger partial charge >= 0.3 is 5.97 Å². The molecule has 0 amide bonds. The highest BCUT2D eigenvalue weighted by Gasteiger charge is 2.16. The number of esters is 1. The van der Waals surface area contributed by atoms with Crippen LogP contribution >= 0.6 is 0 Å². The largest absolute Gasteiger partial charge is 0.423 e. The van der Waals surface area contributed by atoms with Gasteiger partial charge in [-0.1, -0.05) is 18.2 Å². The summed E-state index contributed by atoms with van der Waals surface area (Å²) in [7, 11) is 0. The number of anilines is 1. The van der Waals surface area contributed by atoms with Crippen molar-refractivity contribution in [1.82, 2.24) is 0 Å². The lowest BCUT2D eigenvalue weighted by Crippen LogP contribution is -2.33. The highest BCUT2D eigenvalue weighted by Crippen LogP contribution is 2.23. The van der Waals surface area contributed by atoms with Crippen LogP contribution in [0, 0.1) is 5.41 Å². The normalized spacial score (nSPS) is 13.4. The van der Waals surface area contributed by atoms with Crippen LogP contribution in [0.3, 0.4) is 0 Å². The maximum absolute atomic E-state index is 12.5. The molecule has 0 spiro atoms. The van der Waals surface area contributed by atoms with Crippen molar-refractivity contribution in [3.8, 4) is 5.75 Å². The van der Waals surface area contributed by atoms with Crippen molar-refractivity contribution >= 4 is 34.2 Å². The Hall–Kier alpha value is -3.87. The molecule has 0 atom stereocenters. The first-order valence-corrected chi connectivity index (χ1v) is 8.79. The SMILES string of the molecule is N=C(N)c1ccc2cc(OC(=O)c3ccc(N4CCN=C4N)cc3)ccc2c1. The molecule has 5 N–H and O–H groups in total. The van der Waals surface area contributed by atoms with Crippen LogP contribution in [0.5, 0.6) is 5.75 Å². The smallest absolute Gasteiger partial charge is 0.343 e. The fourth-order valence-corrected chi connectivity index (χ4v) is 3.12. The number of benzene rings is 3. The van der Waals surface area contributed by atoms with Crippen molar-refractivity contribution in [2.75, 3.05) is 18.0 Å². The fraction of sp³-hybridized carbons (Fsp3) is 0.0952. The van der Waals surface area contributed by atoms with Gasteiger partial charge < -0.3 is 21.1 Å². The molecule has 28 heavy (non-hydrogen) atoms. The van der Waals surface area contributed by atoms with E-state index in [4.69, 9.17) is 21.6 Å². The average molecular weight is 373 g/mol. The minimum atomic E-state index is -0.436. The molecule has 0 aromatic heterocycles. The van der Waals surface area contributed by atoms with E-state index in [1.54, 1.807) is 30.3 Å². The van der Waals surface area contributed by atoms with Gasteiger partial charge in [-0.05, 0) is 53.2 Å². The minimum absolute atomic E-state index is 0.0165. The second kappa shape index (κ2) is 7.03. The lowest BCUT2D eigenvalue weighted by Gasteiger charge is -2.17. The summed E-state index contributed by atoms with van der Waals surface area (Å²) >= 11 is 0. The summed E-state index contributed by atoms with van der Waals surface area (Å²) < 4.78 is 5.50. The van der Waals surface area contributed by atoms with Crippen LogP contribution in [-0.4, -0.2) is 30.9 Å². The Balaban J connectivity index is 1.50. The van der Waals surface area contributed by atoms with E-state index in [9.17, 15) is 4.79 Å². The molecule has 7 nitrogen and oxygen atoms in total. The van der Waals surface area contributed by atoms with Gasteiger partial charge in [0.1, 0.15) is 11.6 Å². The molecular weight excluding hydrogens is 354 g/mol. The van der Waals surface area contributed by atoms with Gasteiger partial charge in [-0.15, -0.1) is 0 Å². The molecule has 4 rings (SSSR count). The Kier molecular flexibility index (Phi) is 4.41. The molecule has 140 valence electrons. The molecule has 3 aromatic rings. The standard InChI is InChI=1S/C21H19N5O2/c22-19(23)16-2-1-15-12-18(8-5-14(15)11-16)28-20(27)13-3-6-17(7-4-13)26-10-9-25-21(26)24/h1-8,11-12H,9-10H2,(H3,22,23)(H2,24,25). The van der Waals surface area contributed by atoms with Crippen LogP contribution in [0.25, 0.3) is 10.8 Å². The lowest BCUT2D eigenvalue weighted by atomic mass is 10.1. The van der Waals surface area contributed by atoms with Gasteiger partial charge in [0, 0.05) is 17.8 Å². The Morgan fingerprint density at radius 3 is 2.36 bits per heavy atom. The molecule has 1 aliphatic heterocycles. The number of carbonyl (C=O) groups excluding carboxylic acids is 1. The first-order chi connectivity index (χ1) is 13.5. The van der Waals surface area contributed by atoms with E-state index in [1.807, 2.05) is 35.2 Å². The number of guanidine groups is 1. The summed E-state index contributed by atoms with van der Waals surface area (Å²) in [5.74, 6) is 0.518. The predicted octanol–water partition coefficient (Wildman–Crippen LogP) is 2.48. The van der Waals surface area contributed by atoms with Crippen molar-refractivity contribution in [1.29, 1.82) is 5.41 Å². The van der Waals surface area contributed by atoms with Crippen LogP contribution in [0.15, 0.2) is 65.7 Å². The molecular formula is C21H19N5O2. The maximum Gasteiger partial charge on any atom is 0.343 e. The second-order valence-electron chi connectivity index (χ2n) is 6.47. The highest BCUT2D eigenvalue weighted by atomic mass is 16.5. The van der Waals surface area contributed by atoms with Crippen LogP contribution in [0.2, 0.25) is 0 Å². The number of nitrogen functional groups attached to an aromatic ring is 1. The van der Waals surface area contributed by atoms with Gasteiger partial charge in [0.05, 0.1) is 12.1 Å². The number of nitrogens with zero attached hydrogens (tertiary/aromatic N) is 2. The van der Waals surface area contributed by atoms with Gasteiger partial charge in [0.2, 0.25) is 0 Å². The van der Waals surface area contributed by atoms with E-state index in [0.717, 1.165) is 23.0 Å². The van der Waals surface area contributed by atoms with Gasteiger partial charge in [-0.3, -0.25) is 10.4 Å². The second-order valence-corrected chi connectivity index (χ2v) is 6.47. The summed E-state index contributed by atoms with van der Waals surface area (Å²) in [6.07, 6.45) is 0. The number of carbonyl (C=O) groups is 1. The van der Waals surface area contributed by atoms with Gasteiger partial charge in [-0.2, -0.15) is 0 Å². The topological polar surface area (TPSA) is 118 Å². The molecule has 0 bridgehead atoms. The first-order valence-electron chi connectivity index (χ1n) is 8.79. The van der Waals surface area contributed by atoms with E-state index >= 15 is 0 Å². The highest BCUT2D eigenvalue weighted by molar-refractivity contribution is 6.00. The fourth-order valence-electron chi connectivity index (χ4n) is 3.12. The molecule has 7 heteroatoms. The first kappa shape index (κ1) is 17.5. The lowest BCUT2D eigenvalue weighted by molar-refractivity contribution is 0.0735. The van der Waals surface area contributed by atoms with Crippen LogP contribution in [-0.2, 0) is 0 Å². The number of hydrogen-bond acceptors (Lipinski definition) is 6. The molecule has 0 radical (unpaired) electrons. The monoisotopic (exact) mass is 373 g/mol. The molecule has 0 fully saturated rings. The summed E-state index contributed by atoms with van der Waals surface area (Å²) in [6.45, 7) is 1.41. The number of fused-ring (bicyclic) bond motifs is 1. The molecule has 0 saturated heterocycles. The maximum atomic E-state index is 12.5. The third-order valence-electron chi connectivity index (χ3n) is 4.62. The zero-order valence-corrected chi connectivity index (χ0v) is 15.1. The Bertz CT molecular complexity index is 1110. The Morgan fingerprint density at radius 1 is 1.00 bits per heavy atom. The van der Waals surface area contributed by atoms with Crippen molar-refractivity contribution in [2.45, 2.75) is 0 Å². The average Bonchev–Trinajstić information content (AvgIpc) is 3.13. The number of aliphatic imine (C=N–C) groups is 1. The van der Waals surface area contributed by atoms with E-state index in [-0.39, 0.29) is 5.84 Å². The third kappa shape index (κ3) is 3.37. The van der Waals surface area contributed by atoms with E-state index in [1.165, 1.54) is 0 Å². The van der Waals surface area contributed by atoms with Crippen molar-refractivity contribution in [3.05, 3.63) is 71.8 Å². The third-order valence-corrected chi connectivity index (χ3v) is 4.62. The van der Waals surface area contributed by atoms with Gasteiger partial charge in [0.15, 0.2) is 5.96 Å². The number of hydrogen-bond donors (Lipinski definition) is 3. The van der Waals surface area contributed by atoms with E-state index < -0.39 is 5.97 Å². The van der Waals surface area contributed by atoms with Gasteiger partial charge in [0.25, 0.3) is 0 Å². The zero-order chi connectivity index (χ0) is 19.7. The van der Waals surface area contributed by atoms with Crippen LogP contribution in [0.4, 0.5) is 5.69 Å². The van der Waals surface area contributed by atoms with Crippen LogP contribution in [0.1, 0.15) is 15.9 Å². The predicted molar refractivity (Wildman–Crippen MR) is 110 cm³/mol. The van der Waals surface area contributed by atoms with Crippen molar-refractivity contribution in [2.24, 2.45) is 16.5 Å². The summed E-state index contributed by atoms with van der Waals surface area (Å²) in [5, 5.41) is 9.33. The Labute approximate surface area is 161 Å². The van der Waals surface area contributed by atoms with Crippen molar-refractivity contribution < 1.29 is 9.53 Å². The number of nitrogens with two attached hydrogens (primary N) is 2.